The Bertz CT molecular complexity index is 205. The first-order chi connectivity index (χ1) is 5.71. The zero-order chi connectivity index (χ0) is 10.8. The summed E-state index contributed by atoms with van der Waals surface area (Å²) < 4.78 is 0. The highest BCUT2D eigenvalue weighted by Gasteiger charge is 2.43. The second-order valence-electron chi connectivity index (χ2n) is 3.22. The molecule has 6 heteroatoms. The molecule has 0 aliphatic rings. The van der Waals surface area contributed by atoms with E-state index in [1.54, 1.807) is 0 Å². The molecular weight excluding hydrogens is 219 g/mol. The molecule has 0 aliphatic carbocycles. The van der Waals surface area contributed by atoms with E-state index in [1.807, 2.05) is 0 Å². The molecule has 13 heavy (non-hydrogen) atoms. The van der Waals surface area contributed by atoms with Gasteiger partial charge in [-0.15, -0.1) is 23.2 Å². The molecule has 0 saturated heterocycles. The van der Waals surface area contributed by atoms with Crippen molar-refractivity contribution in [3.8, 4) is 0 Å². The molecule has 0 aromatic carbocycles. The maximum Gasteiger partial charge on any atom is 0.322 e. The number of carboxylic acids is 2. The van der Waals surface area contributed by atoms with E-state index in [1.165, 1.54) is 13.8 Å². The summed E-state index contributed by atoms with van der Waals surface area (Å²) >= 11 is 11.0. The normalized spacial score (nSPS) is 16.3. The fourth-order valence-corrected chi connectivity index (χ4v) is 1.08. The number of carbonyl (C=O) groups is 2. The van der Waals surface area contributed by atoms with E-state index in [9.17, 15) is 9.59 Å². The van der Waals surface area contributed by atoms with Crippen molar-refractivity contribution in [3.05, 3.63) is 0 Å². The first-order valence-corrected chi connectivity index (χ1v) is 4.32. The van der Waals surface area contributed by atoms with Crippen LogP contribution < -0.4 is 0 Å². The van der Waals surface area contributed by atoms with Gasteiger partial charge in [0.05, 0.1) is 0 Å². The van der Waals surface area contributed by atoms with Crippen LogP contribution >= 0.6 is 23.2 Å². The molecular formula is C7H10Cl2O4. The van der Waals surface area contributed by atoms with Crippen LogP contribution in [0.15, 0.2) is 0 Å². The molecule has 2 atom stereocenters. The summed E-state index contributed by atoms with van der Waals surface area (Å²) in [5, 5.41) is 14.5. The summed E-state index contributed by atoms with van der Waals surface area (Å²) in [6.45, 7) is 2.79. The van der Waals surface area contributed by atoms with Crippen LogP contribution in [-0.4, -0.2) is 32.9 Å². The third kappa shape index (κ3) is 2.74. The van der Waals surface area contributed by atoms with Gasteiger partial charge in [-0.2, -0.15) is 0 Å². The average Bonchev–Trinajstić information content (AvgIpc) is 2.01. The Kier molecular flexibility index (Phi) is 4.00. The van der Waals surface area contributed by atoms with Gasteiger partial charge in [0.1, 0.15) is 10.8 Å². The molecule has 0 amide bonds. The molecule has 2 unspecified atom stereocenters. The van der Waals surface area contributed by atoms with Crippen LogP contribution in [0.4, 0.5) is 0 Å². The lowest BCUT2D eigenvalue weighted by atomic mass is 9.85. The molecule has 0 fully saturated rings. The summed E-state index contributed by atoms with van der Waals surface area (Å²) in [4.78, 5) is 21.0. The van der Waals surface area contributed by atoms with Gasteiger partial charge < -0.3 is 10.2 Å². The SMILES string of the molecule is CC(C)(C(Cl)C(=O)O)C(Cl)C(=O)O. The Labute approximate surface area is 85.4 Å². The maximum atomic E-state index is 10.5. The van der Waals surface area contributed by atoms with Crippen LogP contribution in [0.3, 0.4) is 0 Å². The second-order valence-corrected chi connectivity index (χ2v) is 4.10. The lowest BCUT2D eigenvalue weighted by Gasteiger charge is -2.29. The molecule has 0 aromatic heterocycles. The zero-order valence-corrected chi connectivity index (χ0v) is 8.63. The molecule has 0 spiro atoms. The molecule has 0 bridgehead atoms. The molecule has 0 radical (unpaired) electrons. The molecule has 0 rings (SSSR count). The smallest absolute Gasteiger partial charge is 0.322 e. The monoisotopic (exact) mass is 228 g/mol. The van der Waals surface area contributed by atoms with E-state index in [0.717, 1.165) is 0 Å². The van der Waals surface area contributed by atoms with Crippen molar-refractivity contribution in [3.63, 3.8) is 0 Å². The minimum absolute atomic E-state index is 1.21. The van der Waals surface area contributed by atoms with E-state index in [4.69, 9.17) is 33.4 Å². The van der Waals surface area contributed by atoms with E-state index in [2.05, 4.69) is 0 Å². The van der Waals surface area contributed by atoms with Crippen molar-refractivity contribution < 1.29 is 19.8 Å². The van der Waals surface area contributed by atoms with Crippen molar-refractivity contribution in [2.24, 2.45) is 5.41 Å². The van der Waals surface area contributed by atoms with Gasteiger partial charge in [-0.25, -0.2) is 0 Å². The highest BCUT2D eigenvalue weighted by molar-refractivity contribution is 6.34. The highest BCUT2D eigenvalue weighted by atomic mass is 35.5. The van der Waals surface area contributed by atoms with E-state index < -0.39 is 28.1 Å². The number of aliphatic carboxylic acids is 2. The minimum Gasteiger partial charge on any atom is -0.480 e. The average molecular weight is 229 g/mol. The zero-order valence-electron chi connectivity index (χ0n) is 7.12. The third-order valence-electron chi connectivity index (χ3n) is 1.74. The van der Waals surface area contributed by atoms with Gasteiger partial charge in [0, 0.05) is 5.41 Å². The quantitative estimate of drug-likeness (QED) is 0.714. The lowest BCUT2D eigenvalue weighted by Crippen LogP contribution is -2.42. The summed E-state index contributed by atoms with van der Waals surface area (Å²) in [7, 11) is 0. The Balaban J connectivity index is 4.74. The number of hydrogen-bond acceptors (Lipinski definition) is 2. The van der Waals surface area contributed by atoms with Crippen LogP contribution in [0.1, 0.15) is 13.8 Å². The Morgan fingerprint density at radius 3 is 1.46 bits per heavy atom. The van der Waals surface area contributed by atoms with Gasteiger partial charge in [-0.1, -0.05) is 13.8 Å². The van der Waals surface area contributed by atoms with Crippen LogP contribution in [0.2, 0.25) is 0 Å². The molecule has 0 aromatic rings. The van der Waals surface area contributed by atoms with Crippen molar-refractivity contribution in [1.82, 2.24) is 0 Å². The predicted octanol–water partition coefficient (Wildman–Crippen LogP) is 1.40. The van der Waals surface area contributed by atoms with Crippen molar-refractivity contribution in [2.45, 2.75) is 24.6 Å². The van der Waals surface area contributed by atoms with Crippen LogP contribution in [0, 0.1) is 5.41 Å². The largest absolute Gasteiger partial charge is 0.480 e. The fourth-order valence-electron chi connectivity index (χ4n) is 0.765. The van der Waals surface area contributed by atoms with Crippen LogP contribution in [0.5, 0.6) is 0 Å². The number of alkyl halides is 2. The Morgan fingerprint density at radius 2 is 1.31 bits per heavy atom. The molecule has 0 heterocycles. The Hall–Kier alpha value is -0.480. The maximum absolute atomic E-state index is 10.5. The summed E-state index contributed by atoms with van der Waals surface area (Å²) in [6.07, 6.45) is 0. The summed E-state index contributed by atoms with van der Waals surface area (Å²) in [5.74, 6) is -2.56. The second kappa shape index (κ2) is 4.15. The molecule has 76 valence electrons. The standard InChI is InChI=1S/C7H10Cl2O4/c1-7(2,3(8)5(10)11)4(9)6(12)13/h3-4H,1-2H3,(H,10,11)(H,12,13). The van der Waals surface area contributed by atoms with E-state index in [0.29, 0.717) is 0 Å². The number of rotatable bonds is 4. The van der Waals surface area contributed by atoms with Crippen molar-refractivity contribution in [2.75, 3.05) is 0 Å². The van der Waals surface area contributed by atoms with Crippen LogP contribution in [0.25, 0.3) is 0 Å². The molecule has 2 N–H and O–H groups in total. The topological polar surface area (TPSA) is 74.6 Å². The number of hydrogen-bond donors (Lipinski definition) is 2. The van der Waals surface area contributed by atoms with Gasteiger partial charge in [-0.3, -0.25) is 9.59 Å². The van der Waals surface area contributed by atoms with Gasteiger partial charge in [0.2, 0.25) is 0 Å². The molecule has 4 nitrogen and oxygen atoms in total. The van der Waals surface area contributed by atoms with Gasteiger partial charge >= 0.3 is 11.9 Å². The number of carboxylic acid groups (broad SMARTS) is 2. The minimum atomic E-state index is -1.33. The Morgan fingerprint density at radius 1 is 1.08 bits per heavy atom. The molecule has 0 saturated carbocycles. The van der Waals surface area contributed by atoms with Gasteiger partial charge in [-0.05, 0) is 0 Å². The van der Waals surface area contributed by atoms with Crippen LogP contribution in [-0.2, 0) is 9.59 Å². The third-order valence-corrected chi connectivity index (χ3v) is 3.24. The summed E-state index contributed by atoms with van der Waals surface area (Å²) in [6, 6.07) is 0. The van der Waals surface area contributed by atoms with E-state index in [-0.39, 0.29) is 0 Å². The first kappa shape index (κ1) is 12.5. The van der Waals surface area contributed by atoms with Gasteiger partial charge in [0.15, 0.2) is 0 Å². The van der Waals surface area contributed by atoms with Crippen molar-refractivity contribution >= 4 is 35.1 Å². The number of halogens is 2. The van der Waals surface area contributed by atoms with Gasteiger partial charge in [0.25, 0.3) is 0 Å². The summed E-state index contributed by atoms with van der Waals surface area (Å²) in [5.41, 5.74) is -1.21. The first-order valence-electron chi connectivity index (χ1n) is 3.45. The lowest BCUT2D eigenvalue weighted by molar-refractivity contribution is -0.141. The van der Waals surface area contributed by atoms with E-state index >= 15 is 0 Å². The molecule has 0 aliphatic heterocycles. The fraction of sp³-hybridized carbons (Fsp3) is 0.714. The van der Waals surface area contributed by atoms with Crippen molar-refractivity contribution in [1.29, 1.82) is 0 Å². The highest BCUT2D eigenvalue weighted by Crippen LogP contribution is 2.33. The predicted molar refractivity (Wildman–Crippen MR) is 48.3 cm³/mol.